The fraction of sp³-hybridized carbons (Fsp3) is 0.667. The van der Waals surface area contributed by atoms with Crippen molar-refractivity contribution in [3.63, 3.8) is 0 Å². The summed E-state index contributed by atoms with van der Waals surface area (Å²) in [5.41, 5.74) is 1.26. The van der Waals surface area contributed by atoms with E-state index in [1.807, 2.05) is 6.07 Å². The predicted molar refractivity (Wildman–Crippen MR) is 106 cm³/mol. The number of nitrogens with one attached hydrogen (secondary N) is 3. The zero-order valence-corrected chi connectivity index (χ0v) is 16.4. The molecular formula is C21H35N3O2. The van der Waals surface area contributed by atoms with Gasteiger partial charge in [0.05, 0.1) is 6.10 Å². The Morgan fingerprint density at radius 1 is 1.12 bits per heavy atom. The monoisotopic (exact) mass is 361 g/mol. The van der Waals surface area contributed by atoms with E-state index in [0.29, 0.717) is 12.5 Å². The van der Waals surface area contributed by atoms with Crippen LogP contribution in [0, 0.1) is 5.92 Å². The highest BCUT2D eigenvalue weighted by Crippen LogP contribution is 2.18. The molecule has 1 fully saturated rings. The lowest BCUT2D eigenvalue weighted by atomic mass is 9.93. The number of hydrogen-bond acceptors (Lipinski definition) is 3. The second-order valence-corrected chi connectivity index (χ2v) is 7.99. The Bertz CT molecular complexity index is 527. The molecule has 1 aromatic rings. The van der Waals surface area contributed by atoms with Gasteiger partial charge in [-0.05, 0) is 50.5 Å². The second-order valence-electron chi connectivity index (χ2n) is 7.99. The summed E-state index contributed by atoms with van der Waals surface area (Å²) in [4.78, 5) is 12.2. The minimum Gasteiger partial charge on any atom is -0.393 e. The van der Waals surface area contributed by atoms with Crippen molar-refractivity contribution < 1.29 is 9.90 Å². The van der Waals surface area contributed by atoms with E-state index >= 15 is 0 Å². The van der Waals surface area contributed by atoms with Gasteiger partial charge in [0.15, 0.2) is 0 Å². The third-order valence-corrected chi connectivity index (χ3v) is 5.08. The Morgan fingerprint density at radius 2 is 1.77 bits per heavy atom. The molecule has 0 spiro atoms. The van der Waals surface area contributed by atoms with Gasteiger partial charge in [0.2, 0.25) is 0 Å². The van der Waals surface area contributed by atoms with E-state index in [9.17, 15) is 9.90 Å². The van der Waals surface area contributed by atoms with E-state index < -0.39 is 0 Å². The van der Waals surface area contributed by atoms with Gasteiger partial charge in [-0.1, -0.05) is 44.2 Å². The van der Waals surface area contributed by atoms with E-state index in [1.165, 1.54) is 5.56 Å². The van der Waals surface area contributed by atoms with Crippen molar-refractivity contribution in [1.82, 2.24) is 16.0 Å². The first-order chi connectivity index (χ1) is 12.4. The number of aliphatic hydroxyl groups excluding tert-OH is 1. The average Bonchev–Trinajstić information content (AvgIpc) is 2.62. The van der Waals surface area contributed by atoms with Gasteiger partial charge in [0, 0.05) is 24.7 Å². The molecule has 26 heavy (non-hydrogen) atoms. The second kappa shape index (κ2) is 10.5. The van der Waals surface area contributed by atoms with E-state index in [2.05, 4.69) is 61.0 Å². The van der Waals surface area contributed by atoms with Crippen LogP contribution in [0.5, 0.6) is 0 Å². The first-order valence-electron chi connectivity index (χ1n) is 9.97. The molecule has 0 aliphatic heterocycles. The van der Waals surface area contributed by atoms with Crippen LogP contribution in [0.2, 0.25) is 0 Å². The number of benzene rings is 1. The normalized spacial score (nSPS) is 22.7. The summed E-state index contributed by atoms with van der Waals surface area (Å²) in [5.74, 6) is 0.556. The molecule has 0 saturated heterocycles. The minimum atomic E-state index is -0.199. The van der Waals surface area contributed by atoms with Crippen molar-refractivity contribution in [2.24, 2.45) is 5.92 Å². The van der Waals surface area contributed by atoms with Crippen LogP contribution in [0.15, 0.2) is 30.3 Å². The molecule has 5 heteroatoms. The lowest BCUT2D eigenvalue weighted by Gasteiger charge is -2.28. The van der Waals surface area contributed by atoms with E-state index in [-0.39, 0.29) is 30.3 Å². The summed E-state index contributed by atoms with van der Waals surface area (Å²) in [5, 5.41) is 19.3. The molecule has 2 atom stereocenters. The van der Waals surface area contributed by atoms with Crippen LogP contribution < -0.4 is 16.0 Å². The fourth-order valence-corrected chi connectivity index (χ4v) is 3.64. The molecule has 4 N–H and O–H groups in total. The van der Waals surface area contributed by atoms with Crippen molar-refractivity contribution >= 4 is 6.03 Å². The molecule has 0 bridgehead atoms. The molecule has 1 aliphatic rings. The molecule has 1 aliphatic carbocycles. The first kappa shape index (κ1) is 20.7. The molecule has 2 rings (SSSR count). The number of rotatable bonds is 8. The summed E-state index contributed by atoms with van der Waals surface area (Å²) >= 11 is 0. The van der Waals surface area contributed by atoms with Gasteiger partial charge >= 0.3 is 6.03 Å². The standard InChI is InChI=1S/C21H35N3O2/c1-15(2)13-19(23-16(3)17-7-5-4-6-8-17)14-22-21(26)24-18-9-11-20(25)12-10-18/h4-8,15-16,18-20,23,25H,9-14H2,1-3H3,(H2,22,24,26). The van der Waals surface area contributed by atoms with Crippen LogP contribution in [-0.2, 0) is 0 Å². The lowest BCUT2D eigenvalue weighted by molar-refractivity contribution is 0.117. The molecule has 2 amide bonds. The van der Waals surface area contributed by atoms with Crippen molar-refractivity contribution in [2.75, 3.05) is 6.54 Å². The van der Waals surface area contributed by atoms with Crippen LogP contribution in [0.1, 0.15) is 64.5 Å². The highest BCUT2D eigenvalue weighted by atomic mass is 16.3. The first-order valence-corrected chi connectivity index (χ1v) is 9.97. The smallest absolute Gasteiger partial charge is 0.315 e. The largest absolute Gasteiger partial charge is 0.393 e. The van der Waals surface area contributed by atoms with Crippen molar-refractivity contribution in [3.05, 3.63) is 35.9 Å². The zero-order valence-electron chi connectivity index (χ0n) is 16.4. The molecule has 2 unspecified atom stereocenters. The fourth-order valence-electron chi connectivity index (χ4n) is 3.64. The van der Waals surface area contributed by atoms with Gasteiger partial charge in [0.25, 0.3) is 0 Å². The van der Waals surface area contributed by atoms with Crippen LogP contribution in [0.25, 0.3) is 0 Å². The van der Waals surface area contributed by atoms with Gasteiger partial charge in [-0.2, -0.15) is 0 Å². The molecule has 1 aromatic carbocycles. The van der Waals surface area contributed by atoms with Gasteiger partial charge in [-0.3, -0.25) is 0 Å². The van der Waals surface area contributed by atoms with E-state index in [0.717, 1.165) is 32.1 Å². The van der Waals surface area contributed by atoms with Crippen molar-refractivity contribution in [1.29, 1.82) is 0 Å². The Morgan fingerprint density at radius 3 is 2.38 bits per heavy atom. The summed E-state index contributed by atoms with van der Waals surface area (Å²) in [7, 11) is 0. The summed E-state index contributed by atoms with van der Waals surface area (Å²) < 4.78 is 0. The number of amides is 2. The number of aliphatic hydroxyl groups is 1. The predicted octanol–water partition coefficient (Wildman–Crippen LogP) is 3.35. The number of hydrogen-bond donors (Lipinski definition) is 4. The van der Waals surface area contributed by atoms with Crippen LogP contribution >= 0.6 is 0 Å². The van der Waals surface area contributed by atoms with E-state index in [4.69, 9.17) is 0 Å². The highest BCUT2D eigenvalue weighted by molar-refractivity contribution is 5.74. The quantitative estimate of drug-likeness (QED) is 0.574. The van der Waals surface area contributed by atoms with Crippen LogP contribution in [0.4, 0.5) is 4.79 Å². The Kier molecular flexibility index (Phi) is 8.39. The van der Waals surface area contributed by atoms with Crippen molar-refractivity contribution in [2.45, 2.75) is 77.1 Å². The number of urea groups is 1. The molecular weight excluding hydrogens is 326 g/mol. The molecule has 1 saturated carbocycles. The van der Waals surface area contributed by atoms with Crippen LogP contribution in [0.3, 0.4) is 0 Å². The van der Waals surface area contributed by atoms with Crippen LogP contribution in [-0.4, -0.2) is 35.9 Å². The number of carbonyl (C=O) groups is 1. The summed E-state index contributed by atoms with van der Waals surface area (Å²) in [6.45, 7) is 7.18. The third-order valence-electron chi connectivity index (χ3n) is 5.08. The van der Waals surface area contributed by atoms with Gasteiger partial charge < -0.3 is 21.1 Å². The minimum absolute atomic E-state index is 0.102. The topological polar surface area (TPSA) is 73.4 Å². The van der Waals surface area contributed by atoms with Gasteiger partial charge in [-0.15, -0.1) is 0 Å². The average molecular weight is 362 g/mol. The number of carbonyl (C=O) groups excluding carboxylic acids is 1. The highest BCUT2D eigenvalue weighted by Gasteiger charge is 2.21. The maximum absolute atomic E-state index is 12.2. The molecule has 0 heterocycles. The zero-order chi connectivity index (χ0) is 18.9. The molecule has 146 valence electrons. The Balaban J connectivity index is 1.80. The maximum Gasteiger partial charge on any atom is 0.315 e. The SMILES string of the molecule is CC(C)CC(CNC(=O)NC1CCC(O)CC1)NC(C)c1ccccc1. The Labute approximate surface area is 158 Å². The summed E-state index contributed by atoms with van der Waals surface area (Å²) in [6.07, 6.45) is 4.07. The van der Waals surface area contributed by atoms with E-state index in [1.54, 1.807) is 0 Å². The third kappa shape index (κ3) is 7.34. The Hall–Kier alpha value is -1.59. The van der Waals surface area contributed by atoms with Crippen molar-refractivity contribution in [3.8, 4) is 0 Å². The molecule has 0 radical (unpaired) electrons. The van der Waals surface area contributed by atoms with Gasteiger partial charge in [-0.25, -0.2) is 4.79 Å². The van der Waals surface area contributed by atoms with Gasteiger partial charge in [0.1, 0.15) is 0 Å². The summed E-state index contributed by atoms with van der Waals surface area (Å²) in [6, 6.07) is 10.9. The lowest BCUT2D eigenvalue weighted by Crippen LogP contribution is -2.49. The maximum atomic E-state index is 12.2. The molecule has 0 aromatic heterocycles. The molecule has 5 nitrogen and oxygen atoms in total.